The summed E-state index contributed by atoms with van der Waals surface area (Å²) >= 11 is 0. The minimum Gasteiger partial charge on any atom is -0.398 e. The molecule has 0 aliphatic rings. The first kappa shape index (κ1) is 16.2. The lowest BCUT2D eigenvalue weighted by Crippen LogP contribution is -2.04. The van der Waals surface area contributed by atoms with Gasteiger partial charge in [-0.3, -0.25) is 9.97 Å². The highest BCUT2D eigenvalue weighted by atomic mass is 19.1. The fourth-order valence-electron chi connectivity index (χ4n) is 3.20. The molecule has 1 unspecified atom stereocenters. The molecule has 0 aliphatic heterocycles. The molecule has 3 nitrogen and oxygen atoms in total. The number of benzene rings is 2. The van der Waals surface area contributed by atoms with Crippen molar-refractivity contribution in [2.75, 3.05) is 5.73 Å². The van der Waals surface area contributed by atoms with Crippen LogP contribution in [0, 0.1) is 5.82 Å². The van der Waals surface area contributed by atoms with Gasteiger partial charge in [0.25, 0.3) is 0 Å². The third-order valence-corrected chi connectivity index (χ3v) is 4.69. The minimum absolute atomic E-state index is 0.219. The Morgan fingerprint density at radius 1 is 0.923 bits per heavy atom. The van der Waals surface area contributed by atoms with Crippen molar-refractivity contribution in [2.24, 2.45) is 0 Å². The number of aromatic nitrogens is 2. The largest absolute Gasteiger partial charge is 0.398 e. The molecule has 26 heavy (non-hydrogen) atoms. The molecule has 0 bridgehead atoms. The molecule has 1 atom stereocenters. The lowest BCUT2D eigenvalue weighted by Gasteiger charge is -2.16. The third kappa shape index (κ3) is 2.90. The van der Waals surface area contributed by atoms with Crippen molar-refractivity contribution in [1.82, 2.24) is 9.97 Å². The summed E-state index contributed by atoms with van der Waals surface area (Å²) in [4.78, 5) is 8.73. The summed E-state index contributed by atoms with van der Waals surface area (Å²) in [5, 5.41) is 0.912. The summed E-state index contributed by atoms with van der Waals surface area (Å²) in [6.45, 7) is 1.95. The number of hydrogen-bond acceptors (Lipinski definition) is 3. The number of pyridine rings is 2. The first-order valence-electron chi connectivity index (χ1n) is 8.48. The number of nitrogens with two attached hydrogens (primary N) is 1. The highest BCUT2D eigenvalue weighted by molar-refractivity contribution is 5.90. The topological polar surface area (TPSA) is 51.8 Å². The monoisotopic (exact) mass is 343 g/mol. The molecule has 2 aromatic heterocycles. The van der Waals surface area contributed by atoms with Gasteiger partial charge < -0.3 is 5.73 Å². The lowest BCUT2D eigenvalue weighted by molar-refractivity contribution is 0.601. The minimum atomic E-state index is -0.246. The van der Waals surface area contributed by atoms with Crippen LogP contribution in [0.3, 0.4) is 0 Å². The second-order valence-corrected chi connectivity index (χ2v) is 6.35. The van der Waals surface area contributed by atoms with E-state index in [0.29, 0.717) is 11.3 Å². The van der Waals surface area contributed by atoms with Gasteiger partial charge in [0.2, 0.25) is 0 Å². The molecule has 0 amide bonds. The van der Waals surface area contributed by atoms with E-state index in [-0.39, 0.29) is 11.7 Å². The fraction of sp³-hybridized carbons (Fsp3) is 0.0909. The predicted octanol–water partition coefficient (Wildman–Crippen LogP) is 5.17. The Kier molecular flexibility index (Phi) is 4.09. The van der Waals surface area contributed by atoms with E-state index >= 15 is 0 Å². The Bertz CT molecular complexity index is 1080. The second-order valence-electron chi connectivity index (χ2n) is 6.35. The van der Waals surface area contributed by atoms with Crippen molar-refractivity contribution in [3.05, 3.63) is 90.1 Å². The van der Waals surface area contributed by atoms with Crippen molar-refractivity contribution in [3.63, 3.8) is 0 Å². The summed E-state index contributed by atoms with van der Waals surface area (Å²) in [6.07, 6.45) is 3.46. The third-order valence-electron chi connectivity index (χ3n) is 4.69. The summed E-state index contributed by atoms with van der Waals surface area (Å²) in [5.74, 6) is -0.465. The van der Waals surface area contributed by atoms with Gasteiger partial charge in [0.1, 0.15) is 5.82 Å². The van der Waals surface area contributed by atoms with E-state index in [2.05, 4.69) is 4.98 Å². The summed E-state index contributed by atoms with van der Waals surface area (Å²) in [6, 6.07) is 18.5. The predicted molar refractivity (Wildman–Crippen MR) is 103 cm³/mol. The van der Waals surface area contributed by atoms with Gasteiger partial charge >= 0.3 is 0 Å². The van der Waals surface area contributed by atoms with Crippen molar-refractivity contribution in [2.45, 2.75) is 12.8 Å². The Labute approximate surface area is 151 Å². The molecule has 2 aromatic carbocycles. The van der Waals surface area contributed by atoms with Crippen LogP contribution in [0.1, 0.15) is 24.1 Å². The molecule has 0 saturated carbocycles. The Hall–Kier alpha value is -3.27. The van der Waals surface area contributed by atoms with E-state index in [4.69, 9.17) is 10.7 Å². The normalized spacial score (nSPS) is 12.2. The number of nitrogens with zero attached hydrogens (tertiary/aromatic N) is 2. The first-order valence-corrected chi connectivity index (χ1v) is 8.48. The SMILES string of the molecule is CC(c1cc(N)c2ccccc2n1)c1cc(-c2ccncc2)ccc1F. The average Bonchev–Trinajstić information content (AvgIpc) is 2.68. The molecule has 2 heterocycles. The molecule has 0 spiro atoms. The van der Waals surface area contributed by atoms with Gasteiger partial charge in [-0.15, -0.1) is 0 Å². The van der Waals surface area contributed by atoms with Crippen molar-refractivity contribution >= 4 is 16.6 Å². The van der Waals surface area contributed by atoms with Crippen LogP contribution >= 0.6 is 0 Å². The highest BCUT2D eigenvalue weighted by Crippen LogP contribution is 2.32. The average molecular weight is 343 g/mol. The van der Waals surface area contributed by atoms with Crippen LogP contribution in [0.2, 0.25) is 0 Å². The maximum atomic E-state index is 14.6. The van der Waals surface area contributed by atoms with Crippen LogP contribution < -0.4 is 5.73 Å². The Morgan fingerprint density at radius 2 is 1.69 bits per heavy atom. The standard InChI is InChI=1S/C22H18FN3/c1-14(22-13-20(24)17-4-2-3-5-21(17)26-22)18-12-16(6-7-19(18)23)15-8-10-25-11-9-15/h2-14H,1H3,(H2,24,26). The van der Waals surface area contributed by atoms with Crippen molar-refractivity contribution < 1.29 is 4.39 Å². The van der Waals surface area contributed by atoms with Gasteiger partial charge in [-0.25, -0.2) is 4.39 Å². The van der Waals surface area contributed by atoms with E-state index in [9.17, 15) is 4.39 Å². The lowest BCUT2D eigenvalue weighted by atomic mass is 9.92. The zero-order valence-corrected chi connectivity index (χ0v) is 14.4. The van der Waals surface area contributed by atoms with Crippen LogP contribution in [0.25, 0.3) is 22.0 Å². The van der Waals surface area contributed by atoms with Gasteiger partial charge in [0.15, 0.2) is 0 Å². The van der Waals surface area contributed by atoms with E-state index < -0.39 is 0 Å². The van der Waals surface area contributed by atoms with Gasteiger partial charge in [-0.1, -0.05) is 31.2 Å². The number of anilines is 1. The Morgan fingerprint density at radius 3 is 2.50 bits per heavy atom. The molecule has 2 N–H and O–H groups in total. The fourth-order valence-corrected chi connectivity index (χ4v) is 3.20. The molecule has 4 heteroatoms. The first-order chi connectivity index (χ1) is 12.6. The number of hydrogen-bond donors (Lipinski definition) is 1. The smallest absolute Gasteiger partial charge is 0.127 e. The zero-order valence-electron chi connectivity index (χ0n) is 14.4. The number of nitrogen functional groups attached to an aromatic ring is 1. The van der Waals surface area contributed by atoms with E-state index in [1.54, 1.807) is 18.5 Å². The van der Waals surface area contributed by atoms with Gasteiger partial charge in [-0.05, 0) is 53.1 Å². The van der Waals surface area contributed by atoms with Crippen molar-refractivity contribution in [3.8, 4) is 11.1 Å². The molecule has 0 aliphatic carbocycles. The number of halogens is 1. The number of para-hydroxylation sites is 1. The molecule has 128 valence electrons. The maximum Gasteiger partial charge on any atom is 0.127 e. The number of rotatable bonds is 3. The van der Waals surface area contributed by atoms with E-state index in [0.717, 1.165) is 27.7 Å². The van der Waals surface area contributed by atoms with Crippen LogP contribution in [0.15, 0.2) is 73.1 Å². The van der Waals surface area contributed by atoms with Crippen LogP contribution in [0.4, 0.5) is 10.1 Å². The quantitative estimate of drug-likeness (QED) is 0.558. The maximum absolute atomic E-state index is 14.6. The zero-order chi connectivity index (χ0) is 18.1. The number of fused-ring (bicyclic) bond motifs is 1. The van der Waals surface area contributed by atoms with Crippen LogP contribution in [-0.4, -0.2) is 9.97 Å². The second kappa shape index (κ2) is 6.56. The molecule has 4 aromatic rings. The molecule has 4 rings (SSSR count). The van der Waals surface area contributed by atoms with Gasteiger partial charge in [-0.2, -0.15) is 0 Å². The summed E-state index contributed by atoms with van der Waals surface area (Å²) in [5.41, 5.74) is 11.0. The van der Waals surface area contributed by atoms with E-state index in [1.807, 2.05) is 55.5 Å². The highest BCUT2D eigenvalue weighted by Gasteiger charge is 2.17. The van der Waals surface area contributed by atoms with Gasteiger partial charge in [0, 0.05) is 29.4 Å². The van der Waals surface area contributed by atoms with Crippen molar-refractivity contribution in [1.29, 1.82) is 0 Å². The molecule has 0 radical (unpaired) electrons. The van der Waals surface area contributed by atoms with Crippen LogP contribution in [-0.2, 0) is 0 Å². The summed E-state index contributed by atoms with van der Waals surface area (Å²) in [7, 11) is 0. The van der Waals surface area contributed by atoms with Gasteiger partial charge in [0.05, 0.1) is 11.2 Å². The molecule has 0 saturated heterocycles. The Balaban J connectivity index is 1.80. The molecular formula is C22H18FN3. The summed E-state index contributed by atoms with van der Waals surface area (Å²) < 4.78 is 14.6. The van der Waals surface area contributed by atoms with Crippen LogP contribution in [0.5, 0.6) is 0 Å². The van der Waals surface area contributed by atoms with E-state index in [1.165, 1.54) is 6.07 Å². The molecule has 0 fully saturated rings. The molecular weight excluding hydrogens is 325 g/mol.